The van der Waals surface area contributed by atoms with Crippen LogP contribution in [0.15, 0.2) is 55.6 Å². The van der Waals surface area contributed by atoms with E-state index in [0.717, 1.165) is 33.3 Å². The zero-order valence-electron chi connectivity index (χ0n) is 13.0. The molecule has 114 valence electrons. The summed E-state index contributed by atoms with van der Waals surface area (Å²) in [4.78, 5) is 15.7. The number of para-hydroxylation sites is 1. The normalized spacial score (nSPS) is 10.5. The third-order valence-corrected chi connectivity index (χ3v) is 3.92. The van der Waals surface area contributed by atoms with Crippen molar-refractivity contribution in [2.45, 2.75) is 6.92 Å². The van der Waals surface area contributed by atoms with Gasteiger partial charge in [0, 0.05) is 16.5 Å². The number of fused-ring (bicyclic) bond motifs is 1. The molecule has 0 atom stereocenters. The van der Waals surface area contributed by atoms with Gasteiger partial charge in [0.15, 0.2) is 0 Å². The SMILES string of the molecule is C=Cc1ccc(C)c(NC(=O)c2cc3ccccc3[nH]2)c1C=C. The fourth-order valence-corrected chi connectivity index (χ4v) is 2.69. The van der Waals surface area contributed by atoms with Crippen molar-refractivity contribution in [3.63, 3.8) is 0 Å². The summed E-state index contributed by atoms with van der Waals surface area (Å²) in [5, 5.41) is 4.00. The summed E-state index contributed by atoms with van der Waals surface area (Å²) < 4.78 is 0. The van der Waals surface area contributed by atoms with Gasteiger partial charge in [0.05, 0.1) is 5.69 Å². The van der Waals surface area contributed by atoms with Crippen LogP contribution < -0.4 is 5.32 Å². The minimum Gasteiger partial charge on any atom is -0.351 e. The largest absolute Gasteiger partial charge is 0.351 e. The minimum absolute atomic E-state index is 0.173. The van der Waals surface area contributed by atoms with Gasteiger partial charge in [0.1, 0.15) is 5.69 Å². The monoisotopic (exact) mass is 302 g/mol. The zero-order valence-corrected chi connectivity index (χ0v) is 13.0. The molecule has 0 bridgehead atoms. The van der Waals surface area contributed by atoms with Crippen molar-refractivity contribution in [3.8, 4) is 0 Å². The number of aromatic amines is 1. The predicted octanol–water partition coefficient (Wildman–Crippen LogP) is 5.01. The van der Waals surface area contributed by atoms with Crippen molar-refractivity contribution < 1.29 is 4.79 Å². The van der Waals surface area contributed by atoms with E-state index in [9.17, 15) is 4.79 Å². The lowest BCUT2D eigenvalue weighted by atomic mass is 10.0. The Morgan fingerprint density at radius 2 is 1.91 bits per heavy atom. The average Bonchev–Trinajstić information content (AvgIpc) is 3.00. The maximum atomic E-state index is 12.6. The van der Waals surface area contributed by atoms with Crippen LogP contribution >= 0.6 is 0 Å². The van der Waals surface area contributed by atoms with Crippen LogP contribution in [0.1, 0.15) is 27.2 Å². The Kier molecular flexibility index (Phi) is 3.85. The second-order valence-corrected chi connectivity index (χ2v) is 5.39. The molecule has 1 amide bonds. The molecule has 0 saturated carbocycles. The number of nitrogens with one attached hydrogen (secondary N) is 2. The van der Waals surface area contributed by atoms with Gasteiger partial charge in [-0.25, -0.2) is 0 Å². The molecule has 2 aromatic carbocycles. The Labute approximate surface area is 135 Å². The quantitative estimate of drug-likeness (QED) is 0.698. The molecule has 1 aromatic heterocycles. The topological polar surface area (TPSA) is 44.9 Å². The molecule has 0 radical (unpaired) electrons. The Balaban J connectivity index is 1.99. The molecule has 23 heavy (non-hydrogen) atoms. The molecule has 0 aliphatic heterocycles. The van der Waals surface area contributed by atoms with E-state index in [0.29, 0.717) is 5.69 Å². The first kappa shape index (κ1) is 14.9. The highest BCUT2D eigenvalue weighted by atomic mass is 16.1. The van der Waals surface area contributed by atoms with Crippen LogP contribution in [0, 0.1) is 6.92 Å². The summed E-state index contributed by atoms with van der Waals surface area (Å²) >= 11 is 0. The second kappa shape index (κ2) is 5.97. The lowest BCUT2D eigenvalue weighted by molar-refractivity contribution is 0.102. The standard InChI is InChI=1S/C20H18N2O/c1-4-14-11-10-13(3)19(16(14)5-2)22-20(23)18-12-15-8-6-7-9-17(15)21-18/h4-12,21H,1-2H2,3H3,(H,22,23). The van der Waals surface area contributed by atoms with Crippen molar-refractivity contribution in [3.05, 3.63) is 78.0 Å². The Bertz CT molecular complexity index is 886. The molecule has 0 saturated heterocycles. The number of carbonyl (C=O) groups is 1. The van der Waals surface area contributed by atoms with Gasteiger partial charge < -0.3 is 10.3 Å². The summed E-state index contributed by atoms with van der Waals surface area (Å²) in [6, 6.07) is 13.6. The van der Waals surface area contributed by atoms with Gasteiger partial charge in [-0.15, -0.1) is 0 Å². The summed E-state index contributed by atoms with van der Waals surface area (Å²) in [5.74, 6) is -0.173. The molecular weight excluding hydrogens is 284 g/mol. The highest BCUT2D eigenvalue weighted by molar-refractivity contribution is 6.07. The molecule has 1 heterocycles. The van der Waals surface area contributed by atoms with Gasteiger partial charge >= 0.3 is 0 Å². The number of carbonyl (C=O) groups excluding carboxylic acids is 1. The molecule has 0 aliphatic carbocycles. The van der Waals surface area contributed by atoms with Crippen molar-refractivity contribution >= 4 is 34.6 Å². The maximum Gasteiger partial charge on any atom is 0.272 e. The van der Waals surface area contributed by atoms with Crippen LogP contribution in [0.5, 0.6) is 0 Å². The van der Waals surface area contributed by atoms with Crippen LogP contribution in [0.25, 0.3) is 23.1 Å². The van der Waals surface area contributed by atoms with Crippen molar-refractivity contribution in [1.82, 2.24) is 4.98 Å². The average molecular weight is 302 g/mol. The lowest BCUT2D eigenvalue weighted by Gasteiger charge is -2.13. The number of hydrogen-bond acceptors (Lipinski definition) is 1. The van der Waals surface area contributed by atoms with Gasteiger partial charge in [0.25, 0.3) is 5.91 Å². The van der Waals surface area contributed by atoms with E-state index in [1.54, 1.807) is 12.2 Å². The van der Waals surface area contributed by atoms with Gasteiger partial charge in [0.2, 0.25) is 0 Å². The number of anilines is 1. The van der Waals surface area contributed by atoms with Crippen LogP contribution in [0.2, 0.25) is 0 Å². The third-order valence-electron chi connectivity index (χ3n) is 3.92. The van der Waals surface area contributed by atoms with Crippen LogP contribution in [0.3, 0.4) is 0 Å². The molecule has 3 aromatic rings. The van der Waals surface area contributed by atoms with E-state index in [-0.39, 0.29) is 5.91 Å². The van der Waals surface area contributed by atoms with Crippen molar-refractivity contribution in [2.24, 2.45) is 0 Å². The fraction of sp³-hybridized carbons (Fsp3) is 0.0500. The van der Waals surface area contributed by atoms with Gasteiger partial charge in [-0.2, -0.15) is 0 Å². The first-order valence-corrected chi connectivity index (χ1v) is 7.41. The molecule has 3 nitrogen and oxygen atoms in total. The number of H-pyrrole nitrogens is 1. The maximum absolute atomic E-state index is 12.6. The zero-order chi connectivity index (χ0) is 16.4. The molecule has 3 rings (SSSR count). The smallest absolute Gasteiger partial charge is 0.272 e. The van der Waals surface area contributed by atoms with Gasteiger partial charge in [-0.05, 0) is 30.2 Å². The Hall–Kier alpha value is -3.07. The van der Waals surface area contributed by atoms with Gasteiger partial charge in [-0.3, -0.25) is 4.79 Å². The number of benzene rings is 2. The molecule has 0 aliphatic rings. The first-order chi connectivity index (χ1) is 11.1. The van der Waals surface area contributed by atoms with E-state index in [4.69, 9.17) is 0 Å². The number of rotatable bonds is 4. The van der Waals surface area contributed by atoms with Crippen LogP contribution in [0.4, 0.5) is 5.69 Å². The summed E-state index contributed by atoms with van der Waals surface area (Å²) in [7, 11) is 0. The number of aromatic nitrogens is 1. The fourth-order valence-electron chi connectivity index (χ4n) is 2.69. The number of aryl methyl sites for hydroxylation is 1. The van der Waals surface area contributed by atoms with Crippen molar-refractivity contribution in [2.75, 3.05) is 5.32 Å². The van der Waals surface area contributed by atoms with E-state index in [1.165, 1.54) is 0 Å². The van der Waals surface area contributed by atoms with Gasteiger partial charge in [-0.1, -0.05) is 55.6 Å². The molecule has 0 unspecified atom stereocenters. The van der Waals surface area contributed by atoms with E-state index in [1.807, 2.05) is 49.4 Å². The summed E-state index contributed by atoms with van der Waals surface area (Å²) in [5.41, 5.74) is 5.04. The highest BCUT2D eigenvalue weighted by Gasteiger charge is 2.14. The summed E-state index contributed by atoms with van der Waals surface area (Å²) in [6.07, 6.45) is 3.50. The van der Waals surface area contributed by atoms with Crippen LogP contribution in [-0.2, 0) is 0 Å². The van der Waals surface area contributed by atoms with Crippen LogP contribution in [-0.4, -0.2) is 10.9 Å². The minimum atomic E-state index is -0.173. The van der Waals surface area contributed by atoms with E-state index in [2.05, 4.69) is 23.5 Å². The molecule has 0 spiro atoms. The van der Waals surface area contributed by atoms with E-state index >= 15 is 0 Å². The highest BCUT2D eigenvalue weighted by Crippen LogP contribution is 2.27. The number of hydrogen-bond donors (Lipinski definition) is 2. The third kappa shape index (κ3) is 2.69. The second-order valence-electron chi connectivity index (χ2n) is 5.39. The van der Waals surface area contributed by atoms with Crippen molar-refractivity contribution in [1.29, 1.82) is 0 Å². The summed E-state index contributed by atoms with van der Waals surface area (Å²) in [6.45, 7) is 9.62. The Morgan fingerprint density at radius 3 is 2.61 bits per heavy atom. The number of amides is 1. The molecule has 0 fully saturated rings. The lowest BCUT2D eigenvalue weighted by Crippen LogP contribution is -2.14. The molecular formula is C20H18N2O. The first-order valence-electron chi connectivity index (χ1n) is 7.41. The Morgan fingerprint density at radius 1 is 1.13 bits per heavy atom. The predicted molar refractivity (Wildman–Crippen MR) is 97.6 cm³/mol. The van der Waals surface area contributed by atoms with E-state index < -0.39 is 0 Å². The molecule has 2 N–H and O–H groups in total. The molecule has 3 heteroatoms.